The summed E-state index contributed by atoms with van der Waals surface area (Å²) in [6, 6.07) is 5.93. The van der Waals surface area contributed by atoms with E-state index in [0.29, 0.717) is 13.0 Å². The van der Waals surface area contributed by atoms with Gasteiger partial charge in [0.25, 0.3) is 0 Å². The van der Waals surface area contributed by atoms with Gasteiger partial charge in [0.15, 0.2) is 0 Å². The van der Waals surface area contributed by atoms with Crippen molar-refractivity contribution in [3.8, 4) is 0 Å². The smallest absolute Gasteiger partial charge is 0.222 e. The van der Waals surface area contributed by atoms with E-state index in [4.69, 9.17) is 0 Å². The Morgan fingerprint density at radius 2 is 1.90 bits per heavy atom. The third-order valence-corrected chi connectivity index (χ3v) is 6.96. The van der Waals surface area contributed by atoms with Crippen LogP contribution in [0.15, 0.2) is 24.4 Å². The highest BCUT2D eigenvalue weighted by atomic mass is 16.2. The molecular formula is C23H33N5O. The minimum absolute atomic E-state index is 0.275. The number of piperidine rings is 2. The predicted molar refractivity (Wildman–Crippen MR) is 113 cm³/mol. The van der Waals surface area contributed by atoms with Gasteiger partial charge in [0.2, 0.25) is 5.91 Å². The zero-order chi connectivity index (χ0) is 20.4. The van der Waals surface area contributed by atoms with Crippen LogP contribution in [0.2, 0.25) is 0 Å². The van der Waals surface area contributed by atoms with Crippen molar-refractivity contribution >= 4 is 5.91 Å². The first-order chi connectivity index (χ1) is 14.0. The van der Waals surface area contributed by atoms with Crippen molar-refractivity contribution < 1.29 is 4.79 Å². The second-order valence-electron chi connectivity index (χ2n) is 8.81. The van der Waals surface area contributed by atoms with Gasteiger partial charge in [0.05, 0.1) is 17.9 Å². The minimum Gasteiger partial charge on any atom is -0.336 e. The number of amides is 1. The van der Waals surface area contributed by atoms with E-state index in [0.717, 1.165) is 50.5 Å². The lowest BCUT2D eigenvalue weighted by atomic mass is 9.72. The van der Waals surface area contributed by atoms with E-state index in [9.17, 15) is 4.79 Å². The Morgan fingerprint density at radius 3 is 2.55 bits per heavy atom. The molecule has 2 aliphatic rings. The summed E-state index contributed by atoms with van der Waals surface area (Å²) < 4.78 is 2.11. The first-order valence-electron chi connectivity index (χ1n) is 10.9. The van der Waals surface area contributed by atoms with Crippen molar-refractivity contribution in [1.82, 2.24) is 24.6 Å². The van der Waals surface area contributed by atoms with Crippen LogP contribution in [0.4, 0.5) is 0 Å². The third kappa shape index (κ3) is 4.22. The van der Waals surface area contributed by atoms with Crippen LogP contribution in [0.25, 0.3) is 0 Å². The van der Waals surface area contributed by atoms with Crippen LogP contribution >= 0.6 is 0 Å². The molecule has 4 rings (SSSR count). The molecule has 2 aromatic rings. The number of rotatable bonds is 5. The molecule has 1 amide bonds. The van der Waals surface area contributed by atoms with Gasteiger partial charge < -0.3 is 4.90 Å². The summed E-state index contributed by atoms with van der Waals surface area (Å²) in [5.41, 5.74) is 5.11. The lowest BCUT2D eigenvalue weighted by molar-refractivity contribution is -0.140. The van der Waals surface area contributed by atoms with Gasteiger partial charge in [-0.3, -0.25) is 19.4 Å². The largest absolute Gasteiger partial charge is 0.336 e. The van der Waals surface area contributed by atoms with Gasteiger partial charge in [0.1, 0.15) is 0 Å². The van der Waals surface area contributed by atoms with Crippen molar-refractivity contribution in [1.29, 1.82) is 0 Å². The number of pyridine rings is 1. The van der Waals surface area contributed by atoms with E-state index in [-0.39, 0.29) is 11.3 Å². The van der Waals surface area contributed by atoms with Gasteiger partial charge in [-0.05, 0) is 70.7 Å². The maximum Gasteiger partial charge on any atom is 0.222 e. The molecule has 0 atom stereocenters. The molecule has 6 nitrogen and oxygen atoms in total. The van der Waals surface area contributed by atoms with Crippen molar-refractivity contribution in [2.45, 2.75) is 66.1 Å². The molecule has 29 heavy (non-hydrogen) atoms. The molecule has 0 bridgehead atoms. The van der Waals surface area contributed by atoms with Gasteiger partial charge in [-0.15, -0.1) is 0 Å². The Kier molecular flexibility index (Phi) is 5.72. The Hall–Kier alpha value is -2.21. The summed E-state index contributed by atoms with van der Waals surface area (Å²) >= 11 is 0. The first kappa shape index (κ1) is 20.1. The second-order valence-corrected chi connectivity index (χ2v) is 8.81. The monoisotopic (exact) mass is 395 g/mol. The van der Waals surface area contributed by atoms with Crippen LogP contribution in [0.1, 0.15) is 55.3 Å². The summed E-state index contributed by atoms with van der Waals surface area (Å²) in [6.45, 7) is 12.1. The summed E-state index contributed by atoms with van der Waals surface area (Å²) in [5.74, 6) is 0.280. The molecule has 0 unspecified atom stereocenters. The molecule has 0 aliphatic carbocycles. The Labute approximate surface area is 173 Å². The number of nitrogens with zero attached hydrogens (tertiary/aromatic N) is 5. The molecule has 2 aromatic heterocycles. The SMILES string of the molecule is CCn1nc(C)c(CN2CCC3(CCC(=O)N(Cc4ccccn4)C3)CC2)c1C. The molecule has 2 saturated heterocycles. The summed E-state index contributed by atoms with van der Waals surface area (Å²) in [7, 11) is 0. The fourth-order valence-corrected chi connectivity index (χ4v) is 5.02. The average molecular weight is 396 g/mol. The Balaban J connectivity index is 1.38. The van der Waals surface area contributed by atoms with Crippen molar-refractivity contribution in [3.05, 3.63) is 47.0 Å². The third-order valence-electron chi connectivity index (χ3n) is 6.96. The molecule has 0 aromatic carbocycles. The topological polar surface area (TPSA) is 54.3 Å². The molecular weight excluding hydrogens is 362 g/mol. The number of likely N-dealkylation sites (tertiary alicyclic amines) is 2. The molecule has 2 fully saturated rings. The molecule has 0 N–H and O–H groups in total. The predicted octanol–water partition coefficient (Wildman–Crippen LogP) is 3.32. The highest BCUT2D eigenvalue weighted by Gasteiger charge is 2.41. The maximum atomic E-state index is 12.5. The van der Waals surface area contributed by atoms with Gasteiger partial charge in [-0.2, -0.15) is 5.10 Å². The van der Waals surface area contributed by atoms with Crippen LogP contribution in [-0.2, 0) is 24.4 Å². The van der Waals surface area contributed by atoms with Crippen LogP contribution in [0, 0.1) is 19.3 Å². The number of aryl methyl sites for hydroxylation is 2. The zero-order valence-electron chi connectivity index (χ0n) is 18.0. The summed E-state index contributed by atoms with van der Waals surface area (Å²) in [6.07, 6.45) is 5.85. The number of aromatic nitrogens is 3. The van der Waals surface area contributed by atoms with Gasteiger partial charge >= 0.3 is 0 Å². The van der Waals surface area contributed by atoms with Gasteiger partial charge in [-0.1, -0.05) is 6.07 Å². The van der Waals surface area contributed by atoms with Crippen molar-refractivity contribution in [3.63, 3.8) is 0 Å². The number of hydrogen-bond acceptors (Lipinski definition) is 4. The minimum atomic E-state index is 0.275. The summed E-state index contributed by atoms with van der Waals surface area (Å²) in [5, 5.41) is 4.68. The molecule has 2 aliphatic heterocycles. The quantitative estimate of drug-likeness (QED) is 0.779. The van der Waals surface area contributed by atoms with Crippen molar-refractivity contribution in [2.75, 3.05) is 19.6 Å². The van der Waals surface area contributed by atoms with E-state index >= 15 is 0 Å². The van der Waals surface area contributed by atoms with E-state index in [1.54, 1.807) is 0 Å². The van der Waals surface area contributed by atoms with Crippen LogP contribution in [0.5, 0.6) is 0 Å². The van der Waals surface area contributed by atoms with Gasteiger partial charge in [0, 0.05) is 43.5 Å². The first-order valence-corrected chi connectivity index (χ1v) is 10.9. The fraction of sp³-hybridized carbons (Fsp3) is 0.609. The van der Waals surface area contributed by atoms with Crippen molar-refractivity contribution in [2.24, 2.45) is 5.41 Å². The Bertz CT molecular complexity index is 852. The average Bonchev–Trinajstić information content (AvgIpc) is 3.01. The normalized spacial score (nSPS) is 19.8. The molecule has 1 spiro atoms. The molecule has 0 radical (unpaired) electrons. The standard InChI is InChI=1S/C23H33N5O/c1-4-28-19(3)21(18(2)25-28)16-26-13-10-23(11-14-26)9-8-22(29)27(17-23)15-20-7-5-6-12-24-20/h5-7,12H,4,8-11,13-17H2,1-3H3. The Morgan fingerprint density at radius 1 is 1.10 bits per heavy atom. The zero-order valence-corrected chi connectivity index (χ0v) is 18.0. The number of hydrogen-bond donors (Lipinski definition) is 0. The van der Waals surface area contributed by atoms with Gasteiger partial charge in [-0.25, -0.2) is 0 Å². The molecule has 0 saturated carbocycles. The highest BCUT2D eigenvalue weighted by Crippen LogP contribution is 2.41. The fourth-order valence-electron chi connectivity index (χ4n) is 5.02. The molecule has 6 heteroatoms. The highest BCUT2D eigenvalue weighted by molar-refractivity contribution is 5.77. The van der Waals surface area contributed by atoms with E-state index in [2.05, 4.69) is 40.4 Å². The van der Waals surface area contributed by atoms with Crippen LogP contribution < -0.4 is 0 Å². The second kappa shape index (κ2) is 8.27. The maximum absolute atomic E-state index is 12.5. The molecule has 4 heterocycles. The lowest BCUT2D eigenvalue weighted by Crippen LogP contribution is -2.51. The number of carbonyl (C=O) groups excluding carboxylic acids is 1. The molecule has 156 valence electrons. The van der Waals surface area contributed by atoms with E-state index < -0.39 is 0 Å². The van der Waals surface area contributed by atoms with Crippen LogP contribution in [-0.4, -0.2) is 50.1 Å². The van der Waals surface area contributed by atoms with Crippen LogP contribution in [0.3, 0.4) is 0 Å². The van der Waals surface area contributed by atoms with E-state index in [1.165, 1.54) is 24.1 Å². The summed E-state index contributed by atoms with van der Waals surface area (Å²) in [4.78, 5) is 21.5. The number of carbonyl (C=O) groups is 1. The lowest BCUT2D eigenvalue weighted by Gasteiger charge is -2.47. The van der Waals surface area contributed by atoms with E-state index in [1.807, 2.05) is 29.3 Å².